The molecule has 2 saturated heterocycles. The Morgan fingerprint density at radius 1 is 1.28 bits per heavy atom. The van der Waals surface area contributed by atoms with Crippen molar-refractivity contribution < 1.29 is 4.74 Å². The first-order chi connectivity index (χ1) is 12.2. The molecule has 0 radical (unpaired) electrons. The fraction of sp³-hybridized carbons (Fsp3) is 0.684. The van der Waals surface area contributed by atoms with Crippen LogP contribution in [0.2, 0.25) is 0 Å². The van der Waals surface area contributed by atoms with Gasteiger partial charge >= 0.3 is 0 Å². The third kappa shape index (κ3) is 5.08. The number of aliphatic imine (C=N–C) groups is 1. The Kier molecular flexibility index (Phi) is 6.13. The molecule has 6 heteroatoms. The van der Waals surface area contributed by atoms with Crippen LogP contribution in [0.4, 0.5) is 5.82 Å². The number of ether oxygens (including phenoxy) is 1. The summed E-state index contributed by atoms with van der Waals surface area (Å²) in [5.41, 5.74) is 1.05. The molecule has 2 aliphatic heterocycles. The molecule has 138 valence electrons. The molecule has 0 aliphatic carbocycles. The Balaban J connectivity index is 1.54. The Morgan fingerprint density at radius 2 is 2.12 bits per heavy atom. The molecule has 3 heterocycles. The van der Waals surface area contributed by atoms with Crippen LogP contribution in [-0.2, 0) is 11.3 Å². The van der Waals surface area contributed by atoms with E-state index in [9.17, 15) is 0 Å². The number of hydrogen-bond acceptors (Lipinski definition) is 4. The predicted molar refractivity (Wildman–Crippen MR) is 102 cm³/mol. The van der Waals surface area contributed by atoms with E-state index in [0.29, 0.717) is 6.54 Å². The fourth-order valence-electron chi connectivity index (χ4n) is 3.40. The summed E-state index contributed by atoms with van der Waals surface area (Å²) in [5, 5.41) is 6.72. The zero-order valence-corrected chi connectivity index (χ0v) is 15.6. The summed E-state index contributed by atoms with van der Waals surface area (Å²) < 4.78 is 5.83. The van der Waals surface area contributed by atoms with Gasteiger partial charge in [0.15, 0.2) is 5.96 Å². The molecule has 2 N–H and O–H groups in total. The molecule has 0 aromatic carbocycles. The smallest absolute Gasteiger partial charge is 0.191 e. The highest BCUT2D eigenvalue weighted by Crippen LogP contribution is 2.23. The molecule has 0 amide bonds. The standard InChI is InChI=1S/C19H31N5O/c1-3-20-18(23-15-19(2)9-6-12-25-19)22-14-16-7-8-17(21-13-16)24-10-4-5-11-24/h7-8,13H,3-6,9-12,14-15H2,1-2H3,(H2,20,22,23). The van der Waals surface area contributed by atoms with Gasteiger partial charge in [-0.1, -0.05) is 6.07 Å². The van der Waals surface area contributed by atoms with Gasteiger partial charge in [-0.25, -0.2) is 9.98 Å². The molecule has 25 heavy (non-hydrogen) atoms. The van der Waals surface area contributed by atoms with Gasteiger partial charge in [0.05, 0.1) is 12.1 Å². The quantitative estimate of drug-likeness (QED) is 0.612. The lowest BCUT2D eigenvalue weighted by Gasteiger charge is -2.24. The van der Waals surface area contributed by atoms with Crippen LogP contribution in [0.1, 0.15) is 45.1 Å². The van der Waals surface area contributed by atoms with Gasteiger partial charge in [-0.2, -0.15) is 0 Å². The average Bonchev–Trinajstić information content (AvgIpc) is 3.30. The molecule has 2 fully saturated rings. The van der Waals surface area contributed by atoms with Gasteiger partial charge < -0.3 is 20.3 Å². The van der Waals surface area contributed by atoms with Gasteiger partial charge in [-0.3, -0.25) is 0 Å². The molecule has 3 rings (SSSR count). The first-order valence-electron chi connectivity index (χ1n) is 9.54. The van der Waals surface area contributed by atoms with Crippen molar-refractivity contribution in [3.05, 3.63) is 23.9 Å². The van der Waals surface area contributed by atoms with Crippen molar-refractivity contribution in [1.82, 2.24) is 15.6 Å². The van der Waals surface area contributed by atoms with E-state index in [4.69, 9.17) is 4.74 Å². The van der Waals surface area contributed by atoms with Crippen LogP contribution >= 0.6 is 0 Å². The van der Waals surface area contributed by atoms with Gasteiger partial charge in [-0.15, -0.1) is 0 Å². The van der Waals surface area contributed by atoms with Crippen molar-refractivity contribution in [3.8, 4) is 0 Å². The topological polar surface area (TPSA) is 61.8 Å². The van der Waals surface area contributed by atoms with E-state index in [-0.39, 0.29) is 5.60 Å². The third-order valence-corrected chi connectivity index (χ3v) is 4.93. The number of nitrogens with zero attached hydrogens (tertiary/aromatic N) is 3. The monoisotopic (exact) mass is 345 g/mol. The molecule has 0 bridgehead atoms. The van der Waals surface area contributed by atoms with Gasteiger partial charge in [-0.05, 0) is 51.2 Å². The number of aromatic nitrogens is 1. The predicted octanol–water partition coefficient (Wildman–Crippen LogP) is 2.31. The van der Waals surface area contributed by atoms with Crippen molar-refractivity contribution in [1.29, 1.82) is 0 Å². The minimum absolute atomic E-state index is 0.0743. The molecular formula is C19H31N5O. The van der Waals surface area contributed by atoms with Crippen molar-refractivity contribution in [2.45, 2.75) is 51.7 Å². The van der Waals surface area contributed by atoms with Gasteiger partial charge in [0, 0.05) is 39.0 Å². The van der Waals surface area contributed by atoms with Crippen LogP contribution in [0.3, 0.4) is 0 Å². The van der Waals surface area contributed by atoms with Crippen LogP contribution in [0, 0.1) is 0 Å². The number of nitrogens with one attached hydrogen (secondary N) is 2. The number of pyridine rings is 1. The zero-order valence-electron chi connectivity index (χ0n) is 15.6. The van der Waals surface area contributed by atoms with E-state index in [1.807, 2.05) is 6.20 Å². The van der Waals surface area contributed by atoms with E-state index in [1.54, 1.807) is 0 Å². The van der Waals surface area contributed by atoms with Gasteiger partial charge in [0.25, 0.3) is 0 Å². The Labute approximate surface area is 151 Å². The number of guanidine groups is 1. The summed E-state index contributed by atoms with van der Waals surface area (Å²) >= 11 is 0. The minimum atomic E-state index is -0.0743. The summed E-state index contributed by atoms with van der Waals surface area (Å²) in [6, 6.07) is 4.25. The zero-order chi connectivity index (χ0) is 17.5. The average molecular weight is 345 g/mol. The maximum absolute atomic E-state index is 5.83. The fourth-order valence-corrected chi connectivity index (χ4v) is 3.40. The number of rotatable bonds is 6. The summed E-state index contributed by atoms with van der Waals surface area (Å²) in [6.45, 7) is 9.61. The van der Waals surface area contributed by atoms with E-state index >= 15 is 0 Å². The molecule has 1 atom stereocenters. The van der Waals surface area contributed by atoms with E-state index in [0.717, 1.165) is 63.0 Å². The van der Waals surface area contributed by atoms with Crippen molar-refractivity contribution in [3.63, 3.8) is 0 Å². The second-order valence-electron chi connectivity index (χ2n) is 7.17. The van der Waals surface area contributed by atoms with E-state index < -0.39 is 0 Å². The largest absolute Gasteiger partial charge is 0.373 e. The van der Waals surface area contributed by atoms with Crippen LogP contribution in [0.15, 0.2) is 23.3 Å². The Bertz CT molecular complexity index is 560. The number of anilines is 1. The highest BCUT2D eigenvalue weighted by atomic mass is 16.5. The molecule has 2 aliphatic rings. The van der Waals surface area contributed by atoms with Crippen molar-refractivity contribution >= 4 is 11.8 Å². The van der Waals surface area contributed by atoms with Crippen LogP contribution in [0.5, 0.6) is 0 Å². The lowest BCUT2D eigenvalue weighted by atomic mass is 10.0. The normalized spacial score (nSPS) is 23.9. The molecule has 1 unspecified atom stereocenters. The lowest BCUT2D eigenvalue weighted by molar-refractivity contribution is 0.0243. The molecule has 1 aromatic heterocycles. The summed E-state index contributed by atoms with van der Waals surface area (Å²) in [5.74, 6) is 1.92. The Hall–Kier alpha value is -1.82. The van der Waals surface area contributed by atoms with Crippen molar-refractivity contribution in [2.24, 2.45) is 4.99 Å². The second-order valence-corrected chi connectivity index (χ2v) is 7.17. The first kappa shape index (κ1) is 18.0. The highest BCUT2D eigenvalue weighted by Gasteiger charge is 2.29. The number of hydrogen-bond donors (Lipinski definition) is 2. The summed E-state index contributed by atoms with van der Waals surface area (Å²) in [4.78, 5) is 11.6. The first-order valence-corrected chi connectivity index (χ1v) is 9.54. The lowest BCUT2D eigenvalue weighted by Crippen LogP contribution is -2.45. The SMILES string of the molecule is CCNC(=NCc1ccc(N2CCCC2)nc1)NCC1(C)CCCO1. The molecule has 0 saturated carbocycles. The van der Waals surface area contributed by atoms with E-state index in [1.165, 1.54) is 12.8 Å². The third-order valence-electron chi connectivity index (χ3n) is 4.93. The molecular weight excluding hydrogens is 314 g/mol. The Morgan fingerprint density at radius 3 is 2.76 bits per heavy atom. The van der Waals surface area contributed by atoms with Crippen LogP contribution < -0.4 is 15.5 Å². The minimum Gasteiger partial charge on any atom is -0.373 e. The maximum Gasteiger partial charge on any atom is 0.191 e. The van der Waals surface area contributed by atoms with Gasteiger partial charge in [0.1, 0.15) is 5.82 Å². The van der Waals surface area contributed by atoms with Crippen molar-refractivity contribution in [2.75, 3.05) is 37.7 Å². The molecule has 1 aromatic rings. The van der Waals surface area contributed by atoms with Gasteiger partial charge in [0.2, 0.25) is 0 Å². The van der Waals surface area contributed by atoms with Crippen LogP contribution in [0.25, 0.3) is 0 Å². The maximum atomic E-state index is 5.83. The second kappa shape index (κ2) is 8.52. The highest BCUT2D eigenvalue weighted by molar-refractivity contribution is 5.79. The summed E-state index contributed by atoms with van der Waals surface area (Å²) in [6.07, 6.45) is 6.73. The van der Waals surface area contributed by atoms with E-state index in [2.05, 4.69) is 51.5 Å². The van der Waals surface area contributed by atoms with Crippen LogP contribution in [-0.4, -0.2) is 49.3 Å². The molecule has 6 nitrogen and oxygen atoms in total. The molecule has 0 spiro atoms. The summed E-state index contributed by atoms with van der Waals surface area (Å²) in [7, 11) is 0.